The van der Waals surface area contributed by atoms with Crippen LogP contribution in [-0.2, 0) is 4.79 Å². The van der Waals surface area contributed by atoms with E-state index in [9.17, 15) is 4.79 Å². The number of anilines is 1. The lowest BCUT2D eigenvalue weighted by Crippen LogP contribution is -2.09. The smallest absolute Gasteiger partial charge is 0.248 e. The Balaban J connectivity index is 1.87. The Bertz CT molecular complexity index is 883. The molecule has 3 aromatic rings. The first kappa shape index (κ1) is 15.0. The molecule has 2 aromatic carbocycles. The minimum atomic E-state index is -0.148. The number of nitrogens with zero attached hydrogens (tertiary/aromatic N) is 1. The molecule has 0 atom stereocenters. The standard InChI is InChI=1S/C20H18N2O/c1-14-8-12-18-17(11-9-15(2)21-18)20(14)22-19(23)13-10-16-6-4-3-5-7-16/h3-13H,1-2H3,(H,22,23)/b13-10-. The van der Waals surface area contributed by atoms with Crippen molar-refractivity contribution in [3.63, 3.8) is 0 Å². The number of benzene rings is 2. The number of rotatable bonds is 3. The van der Waals surface area contributed by atoms with Crippen molar-refractivity contribution in [2.24, 2.45) is 0 Å². The Labute approximate surface area is 135 Å². The summed E-state index contributed by atoms with van der Waals surface area (Å²) < 4.78 is 0. The Morgan fingerprint density at radius 1 is 1.00 bits per heavy atom. The van der Waals surface area contributed by atoms with Gasteiger partial charge >= 0.3 is 0 Å². The molecule has 1 aromatic heterocycles. The van der Waals surface area contributed by atoms with Gasteiger partial charge in [-0.1, -0.05) is 36.4 Å². The largest absolute Gasteiger partial charge is 0.322 e. The van der Waals surface area contributed by atoms with Crippen LogP contribution in [-0.4, -0.2) is 10.9 Å². The molecule has 0 aliphatic carbocycles. The molecule has 0 fully saturated rings. The van der Waals surface area contributed by atoms with E-state index in [1.165, 1.54) is 0 Å². The lowest BCUT2D eigenvalue weighted by Gasteiger charge is -2.10. The zero-order chi connectivity index (χ0) is 16.2. The van der Waals surface area contributed by atoms with Gasteiger partial charge in [0.05, 0.1) is 11.2 Å². The lowest BCUT2D eigenvalue weighted by molar-refractivity contribution is -0.111. The highest BCUT2D eigenvalue weighted by Gasteiger charge is 2.08. The summed E-state index contributed by atoms with van der Waals surface area (Å²) in [6, 6.07) is 17.7. The van der Waals surface area contributed by atoms with Crippen molar-refractivity contribution in [3.8, 4) is 0 Å². The fourth-order valence-corrected chi connectivity index (χ4v) is 2.48. The van der Waals surface area contributed by atoms with E-state index in [-0.39, 0.29) is 5.91 Å². The summed E-state index contributed by atoms with van der Waals surface area (Å²) in [5.74, 6) is -0.148. The minimum Gasteiger partial charge on any atom is -0.322 e. The molecule has 3 rings (SSSR count). The van der Waals surface area contributed by atoms with Gasteiger partial charge in [-0.05, 0) is 49.2 Å². The summed E-state index contributed by atoms with van der Waals surface area (Å²) in [6.07, 6.45) is 3.35. The molecule has 1 amide bonds. The fraction of sp³-hybridized carbons (Fsp3) is 0.100. The normalized spacial score (nSPS) is 11.0. The maximum Gasteiger partial charge on any atom is 0.248 e. The van der Waals surface area contributed by atoms with E-state index in [1.807, 2.05) is 68.4 Å². The van der Waals surface area contributed by atoms with Crippen LogP contribution in [0.15, 0.2) is 60.7 Å². The predicted molar refractivity (Wildman–Crippen MR) is 95.3 cm³/mol. The first-order valence-electron chi connectivity index (χ1n) is 7.54. The van der Waals surface area contributed by atoms with E-state index >= 15 is 0 Å². The number of amides is 1. The topological polar surface area (TPSA) is 42.0 Å². The maximum atomic E-state index is 12.2. The molecular weight excluding hydrogens is 284 g/mol. The van der Waals surface area contributed by atoms with Crippen LogP contribution in [0.1, 0.15) is 16.8 Å². The molecule has 0 bridgehead atoms. The van der Waals surface area contributed by atoms with E-state index in [4.69, 9.17) is 0 Å². The van der Waals surface area contributed by atoms with Crippen molar-refractivity contribution in [1.82, 2.24) is 4.98 Å². The van der Waals surface area contributed by atoms with E-state index in [0.29, 0.717) is 0 Å². The van der Waals surface area contributed by atoms with Crippen LogP contribution in [0.2, 0.25) is 0 Å². The molecule has 0 aliphatic heterocycles. The molecule has 114 valence electrons. The molecular formula is C20H18N2O. The van der Waals surface area contributed by atoms with Gasteiger partial charge in [0.25, 0.3) is 0 Å². The van der Waals surface area contributed by atoms with Gasteiger partial charge in [-0.3, -0.25) is 9.78 Å². The third kappa shape index (κ3) is 3.46. The molecule has 3 nitrogen and oxygen atoms in total. The second-order valence-electron chi connectivity index (χ2n) is 5.51. The number of hydrogen-bond acceptors (Lipinski definition) is 2. The number of fused-ring (bicyclic) bond motifs is 1. The van der Waals surface area contributed by atoms with E-state index in [2.05, 4.69) is 10.3 Å². The Morgan fingerprint density at radius 3 is 2.57 bits per heavy atom. The molecule has 0 unspecified atom stereocenters. The lowest BCUT2D eigenvalue weighted by atomic mass is 10.1. The molecule has 0 spiro atoms. The average molecular weight is 302 g/mol. The van der Waals surface area contributed by atoms with E-state index < -0.39 is 0 Å². The van der Waals surface area contributed by atoms with Gasteiger partial charge in [0.1, 0.15) is 0 Å². The van der Waals surface area contributed by atoms with Crippen LogP contribution in [0.4, 0.5) is 5.69 Å². The number of nitrogens with one attached hydrogen (secondary N) is 1. The third-order valence-electron chi connectivity index (χ3n) is 3.69. The minimum absolute atomic E-state index is 0.148. The number of pyridine rings is 1. The summed E-state index contributed by atoms with van der Waals surface area (Å²) >= 11 is 0. The van der Waals surface area contributed by atoms with Crippen LogP contribution >= 0.6 is 0 Å². The number of aryl methyl sites for hydroxylation is 2. The van der Waals surface area contributed by atoms with Gasteiger partial charge in [-0.2, -0.15) is 0 Å². The van der Waals surface area contributed by atoms with Crippen LogP contribution in [0.3, 0.4) is 0 Å². The van der Waals surface area contributed by atoms with Crippen LogP contribution in [0, 0.1) is 13.8 Å². The van der Waals surface area contributed by atoms with Crippen molar-refractivity contribution >= 4 is 28.6 Å². The highest BCUT2D eigenvalue weighted by Crippen LogP contribution is 2.26. The first-order chi connectivity index (χ1) is 11.1. The second-order valence-corrected chi connectivity index (χ2v) is 5.51. The fourth-order valence-electron chi connectivity index (χ4n) is 2.48. The predicted octanol–water partition coefficient (Wildman–Crippen LogP) is 4.50. The third-order valence-corrected chi connectivity index (χ3v) is 3.69. The van der Waals surface area contributed by atoms with E-state index in [0.717, 1.165) is 33.4 Å². The highest BCUT2D eigenvalue weighted by atomic mass is 16.1. The molecule has 1 heterocycles. The van der Waals surface area contributed by atoms with Crippen molar-refractivity contribution in [1.29, 1.82) is 0 Å². The average Bonchev–Trinajstić information content (AvgIpc) is 2.56. The summed E-state index contributed by atoms with van der Waals surface area (Å²) in [5.41, 5.74) is 4.68. The number of hydrogen-bond donors (Lipinski definition) is 1. The maximum absolute atomic E-state index is 12.2. The van der Waals surface area contributed by atoms with Crippen LogP contribution in [0.5, 0.6) is 0 Å². The molecule has 0 radical (unpaired) electrons. The van der Waals surface area contributed by atoms with Gasteiger partial charge in [0.2, 0.25) is 5.91 Å². The Kier molecular flexibility index (Phi) is 4.20. The van der Waals surface area contributed by atoms with Crippen molar-refractivity contribution in [2.75, 3.05) is 5.32 Å². The van der Waals surface area contributed by atoms with Gasteiger partial charge in [-0.15, -0.1) is 0 Å². The quantitative estimate of drug-likeness (QED) is 0.724. The molecule has 0 saturated heterocycles. The van der Waals surface area contributed by atoms with Crippen LogP contribution in [0.25, 0.3) is 17.0 Å². The van der Waals surface area contributed by atoms with Gasteiger partial charge in [0.15, 0.2) is 0 Å². The molecule has 3 heteroatoms. The van der Waals surface area contributed by atoms with Gasteiger partial charge in [0, 0.05) is 17.2 Å². The van der Waals surface area contributed by atoms with Crippen molar-refractivity contribution in [3.05, 3.63) is 77.5 Å². The number of aromatic nitrogens is 1. The van der Waals surface area contributed by atoms with E-state index in [1.54, 1.807) is 12.2 Å². The number of carbonyl (C=O) groups excluding carboxylic acids is 1. The summed E-state index contributed by atoms with van der Waals surface area (Å²) in [7, 11) is 0. The monoisotopic (exact) mass is 302 g/mol. The molecule has 0 saturated carbocycles. The summed E-state index contributed by atoms with van der Waals surface area (Å²) in [6.45, 7) is 3.94. The molecule has 1 N–H and O–H groups in total. The molecule has 23 heavy (non-hydrogen) atoms. The SMILES string of the molecule is Cc1ccc2c(NC(=O)/C=C\c3ccccc3)c(C)ccc2n1. The summed E-state index contributed by atoms with van der Waals surface area (Å²) in [5, 5.41) is 3.93. The number of carbonyl (C=O) groups is 1. The zero-order valence-electron chi connectivity index (χ0n) is 13.2. The van der Waals surface area contributed by atoms with Crippen LogP contribution < -0.4 is 5.32 Å². The highest BCUT2D eigenvalue weighted by molar-refractivity contribution is 6.07. The first-order valence-corrected chi connectivity index (χ1v) is 7.54. The van der Waals surface area contributed by atoms with Crippen molar-refractivity contribution in [2.45, 2.75) is 13.8 Å². The Hall–Kier alpha value is -2.94. The van der Waals surface area contributed by atoms with Crippen molar-refractivity contribution < 1.29 is 4.79 Å². The van der Waals surface area contributed by atoms with Gasteiger partial charge < -0.3 is 5.32 Å². The van der Waals surface area contributed by atoms with Gasteiger partial charge in [-0.25, -0.2) is 0 Å². The Morgan fingerprint density at radius 2 is 1.78 bits per heavy atom. The second kappa shape index (κ2) is 6.44. The molecule has 0 aliphatic rings. The zero-order valence-corrected chi connectivity index (χ0v) is 13.2. The summed E-state index contributed by atoms with van der Waals surface area (Å²) in [4.78, 5) is 16.7.